The number of pyridine rings is 1. The maximum Gasteiger partial charge on any atom is 0.198 e. The summed E-state index contributed by atoms with van der Waals surface area (Å²) in [5.74, 6) is 0. The minimum absolute atomic E-state index is 0.679. The molecule has 0 atom stereocenters. The smallest absolute Gasteiger partial charge is 0.198 e. The minimum atomic E-state index is 0.679. The molecule has 21 heavy (non-hydrogen) atoms. The first-order chi connectivity index (χ1) is 10.4. The van der Waals surface area contributed by atoms with Crippen LogP contribution in [0.1, 0.15) is 0 Å². The summed E-state index contributed by atoms with van der Waals surface area (Å²) in [6.45, 7) is 0. The molecule has 98 valence electrons. The number of rotatable bonds is 0. The van der Waals surface area contributed by atoms with E-state index in [2.05, 4.69) is 57.4 Å². The van der Waals surface area contributed by atoms with Crippen LogP contribution >= 0.6 is 0 Å². The fraction of sp³-hybridized carbons (Fsp3) is 0. The van der Waals surface area contributed by atoms with Crippen molar-refractivity contribution in [3.63, 3.8) is 0 Å². The van der Waals surface area contributed by atoms with Crippen LogP contribution in [0.25, 0.3) is 38.5 Å². The summed E-state index contributed by atoms with van der Waals surface area (Å²) < 4.78 is 2.00. The molecule has 0 aliphatic heterocycles. The quantitative estimate of drug-likeness (QED) is 0.404. The van der Waals surface area contributed by atoms with Gasteiger partial charge in [-0.05, 0) is 28.3 Å². The summed E-state index contributed by atoms with van der Waals surface area (Å²) in [7, 11) is 0. The highest BCUT2D eigenvalue weighted by molar-refractivity contribution is 6.12. The van der Waals surface area contributed by atoms with Gasteiger partial charge < -0.3 is 0 Å². The Morgan fingerprint density at radius 1 is 0.714 bits per heavy atom. The largest absolute Gasteiger partial charge is 0.282 e. The molecule has 0 aliphatic rings. The summed E-state index contributed by atoms with van der Waals surface area (Å²) >= 11 is 0. The van der Waals surface area contributed by atoms with E-state index in [1.165, 1.54) is 16.2 Å². The molecule has 3 heterocycles. The molecule has 0 amide bonds. The van der Waals surface area contributed by atoms with Crippen molar-refractivity contribution in [1.29, 1.82) is 0 Å². The average molecular weight is 270 g/mol. The lowest BCUT2D eigenvalue weighted by Crippen LogP contribution is -1.88. The van der Waals surface area contributed by atoms with Gasteiger partial charge in [0.25, 0.3) is 0 Å². The molecule has 3 aromatic heterocycles. The van der Waals surface area contributed by atoms with Gasteiger partial charge in [-0.3, -0.25) is 4.40 Å². The topological polar surface area (TPSA) is 43.1 Å². The maximum absolute atomic E-state index is 4.64. The molecular formula is C17H10N4. The van der Waals surface area contributed by atoms with Gasteiger partial charge in [0.15, 0.2) is 11.3 Å². The monoisotopic (exact) mass is 270 g/mol. The van der Waals surface area contributed by atoms with Crippen molar-refractivity contribution in [3.8, 4) is 0 Å². The third-order valence-corrected chi connectivity index (χ3v) is 3.93. The van der Waals surface area contributed by atoms with Crippen LogP contribution in [0.3, 0.4) is 0 Å². The van der Waals surface area contributed by atoms with Crippen molar-refractivity contribution < 1.29 is 0 Å². The van der Waals surface area contributed by atoms with Crippen LogP contribution in [-0.2, 0) is 0 Å². The Hall–Kier alpha value is -3.01. The van der Waals surface area contributed by atoms with Crippen LogP contribution in [0.4, 0.5) is 0 Å². The summed E-state index contributed by atoms with van der Waals surface area (Å²) in [5.41, 5.74) is 2.38. The van der Waals surface area contributed by atoms with Gasteiger partial charge in [0.2, 0.25) is 0 Å². The van der Waals surface area contributed by atoms with E-state index in [1.54, 1.807) is 12.4 Å². The van der Waals surface area contributed by atoms with E-state index < -0.39 is 0 Å². The van der Waals surface area contributed by atoms with Gasteiger partial charge in [0, 0.05) is 24.0 Å². The third-order valence-electron chi connectivity index (χ3n) is 3.93. The number of nitrogens with zero attached hydrogens (tertiary/aromatic N) is 4. The zero-order valence-electron chi connectivity index (χ0n) is 11.1. The second kappa shape index (κ2) is 3.76. The molecule has 5 aromatic rings. The van der Waals surface area contributed by atoms with Crippen molar-refractivity contribution in [3.05, 3.63) is 61.1 Å². The van der Waals surface area contributed by atoms with Gasteiger partial charge >= 0.3 is 0 Å². The van der Waals surface area contributed by atoms with Crippen LogP contribution < -0.4 is 0 Å². The Kier molecular flexibility index (Phi) is 1.92. The molecule has 0 unspecified atom stereocenters. The fourth-order valence-electron chi connectivity index (χ4n) is 2.98. The summed E-state index contributed by atoms with van der Waals surface area (Å²) in [4.78, 5) is 13.3. The SMILES string of the molecule is c1ccc2c(c1)ccc1c2ccn2c3nccnc3nc12. The predicted octanol–water partition coefficient (Wildman–Crippen LogP) is 3.58. The van der Waals surface area contributed by atoms with Crippen LogP contribution in [-0.4, -0.2) is 19.4 Å². The number of hydrogen-bond donors (Lipinski definition) is 0. The molecule has 0 bridgehead atoms. The predicted molar refractivity (Wildman–Crippen MR) is 83.3 cm³/mol. The summed E-state index contributed by atoms with van der Waals surface area (Å²) in [6, 6.07) is 14.8. The average Bonchev–Trinajstić information content (AvgIpc) is 2.93. The molecule has 0 N–H and O–H groups in total. The lowest BCUT2D eigenvalue weighted by Gasteiger charge is -2.05. The van der Waals surface area contributed by atoms with E-state index in [1.807, 2.05) is 10.6 Å². The minimum Gasteiger partial charge on any atom is -0.282 e. The van der Waals surface area contributed by atoms with Crippen molar-refractivity contribution in [2.24, 2.45) is 0 Å². The van der Waals surface area contributed by atoms with Gasteiger partial charge in [-0.2, -0.15) is 0 Å². The lowest BCUT2D eigenvalue weighted by molar-refractivity contribution is 1.18. The Morgan fingerprint density at radius 3 is 2.62 bits per heavy atom. The molecule has 0 radical (unpaired) electrons. The van der Waals surface area contributed by atoms with Crippen LogP contribution in [0.15, 0.2) is 61.1 Å². The van der Waals surface area contributed by atoms with Crippen LogP contribution in [0, 0.1) is 0 Å². The number of aromatic nitrogens is 4. The number of imidazole rings is 1. The lowest BCUT2D eigenvalue weighted by atomic mass is 10.0. The number of hydrogen-bond acceptors (Lipinski definition) is 3. The van der Waals surface area contributed by atoms with Gasteiger partial charge in [0.05, 0.1) is 0 Å². The van der Waals surface area contributed by atoms with E-state index >= 15 is 0 Å². The van der Waals surface area contributed by atoms with Crippen molar-refractivity contribution in [1.82, 2.24) is 19.4 Å². The highest BCUT2D eigenvalue weighted by Gasteiger charge is 2.10. The highest BCUT2D eigenvalue weighted by atomic mass is 15.1. The van der Waals surface area contributed by atoms with Crippen molar-refractivity contribution >= 4 is 38.5 Å². The molecular weight excluding hydrogens is 260 g/mol. The molecule has 0 aliphatic carbocycles. The number of benzene rings is 2. The van der Waals surface area contributed by atoms with E-state index in [-0.39, 0.29) is 0 Å². The van der Waals surface area contributed by atoms with Gasteiger partial charge in [-0.1, -0.05) is 30.3 Å². The molecule has 0 saturated carbocycles. The second-order valence-electron chi connectivity index (χ2n) is 5.07. The zero-order valence-corrected chi connectivity index (χ0v) is 11.1. The van der Waals surface area contributed by atoms with E-state index in [0.717, 1.165) is 16.7 Å². The van der Waals surface area contributed by atoms with Gasteiger partial charge in [-0.15, -0.1) is 0 Å². The van der Waals surface area contributed by atoms with Gasteiger partial charge in [-0.25, -0.2) is 15.0 Å². The first kappa shape index (κ1) is 10.7. The molecule has 4 nitrogen and oxygen atoms in total. The Bertz CT molecular complexity index is 1140. The zero-order chi connectivity index (χ0) is 13.8. The van der Waals surface area contributed by atoms with E-state index in [4.69, 9.17) is 0 Å². The number of fused-ring (bicyclic) bond motifs is 7. The second-order valence-corrected chi connectivity index (χ2v) is 5.07. The van der Waals surface area contributed by atoms with E-state index in [9.17, 15) is 0 Å². The molecule has 0 spiro atoms. The standard InChI is InChI=1S/C17H10N4/c1-2-4-12-11(3-1)5-6-14-13(12)7-10-21-16(14)20-15-17(21)19-9-8-18-15/h1-10H. The van der Waals surface area contributed by atoms with Crippen molar-refractivity contribution in [2.45, 2.75) is 0 Å². The molecule has 5 rings (SSSR count). The summed E-state index contributed by atoms with van der Waals surface area (Å²) in [5, 5.41) is 4.80. The van der Waals surface area contributed by atoms with Crippen molar-refractivity contribution in [2.75, 3.05) is 0 Å². The van der Waals surface area contributed by atoms with Crippen LogP contribution in [0.5, 0.6) is 0 Å². The van der Waals surface area contributed by atoms with Crippen LogP contribution in [0.2, 0.25) is 0 Å². The third kappa shape index (κ3) is 1.36. The first-order valence-corrected chi connectivity index (χ1v) is 6.81. The Morgan fingerprint density at radius 2 is 1.62 bits per heavy atom. The molecule has 4 heteroatoms. The molecule has 0 fully saturated rings. The maximum atomic E-state index is 4.64. The Labute approximate surface area is 119 Å². The molecule has 2 aromatic carbocycles. The summed E-state index contributed by atoms with van der Waals surface area (Å²) in [6.07, 6.45) is 5.39. The normalized spacial score (nSPS) is 11.8. The fourth-order valence-corrected chi connectivity index (χ4v) is 2.98. The van der Waals surface area contributed by atoms with Gasteiger partial charge in [0.1, 0.15) is 5.65 Å². The molecule has 0 saturated heterocycles. The highest BCUT2D eigenvalue weighted by Crippen LogP contribution is 2.28. The first-order valence-electron chi connectivity index (χ1n) is 6.81. The van der Waals surface area contributed by atoms with E-state index in [0.29, 0.717) is 5.65 Å². The Balaban J connectivity index is 2.07.